The number of carbonyl (C=O) groups excluding carboxylic acids is 2. The lowest BCUT2D eigenvalue weighted by atomic mass is 10.1. The number of benzene rings is 1. The summed E-state index contributed by atoms with van der Waals surface area (Å²) in [6.07, 6.45) is 0.945. The summed E-state index contributed by atoms with van der Waals surface area (Å²) in [7, 11) is 0. The number of carbonyl (C=O) groups is 2. The van der Waals surface area contributed by atoms with Crippen LogP contribution in [0.4, 0.5) is 8.78 Å². The molecule has 1 N–H and O–H groups in total. The molecule has 0 bridgehead atoms. The number of halogens is 2. The predicted octanol–water partition coefficient (Wildman–Crippen LogP) is 1.00. The maximum atomic E-state index is 13.2. The summed E-state index contributed by atoms with van der Waals surface area (Å²) in [6, 6.07) is 3.45. The topological polar surface area (TPSA) is 46.2 Å². The van der Waals surface area contributed by atoms with Gasteiger partial charge < -0.3 is 0 Å². The van der Waals surface area contributed by atoms with E-state index in [1.54, 1.807) is 0 Å². The fourth-order valence-electron chi connectivity index (χ4n) is 1.32. The molecule has 0 radical (unpaired) electrons. The third-order valence-corrected chi connectivity index (χ3v) is 2.00. The molecule has 1 aromatic rings. The monoisotopic (exact) mass is 209 g/mol. The van der Waals surface area contributed by atoms with Gasteiger partial charge in [-0.3, -0.25) is 14.9 Å². The van der Waals surface area contributed by atoms with Crippen LogP contribution in [0.1, 0.15) is 5.56 Å². The minimum atomic E-state index is -1.13. The van der Waals surface area contributed by atoms with Crippen LogP contribution in [0, 0.1) is 11.6 Å². The van der Waals surface area contributed by atoms with E-state index in [2.05, 4.69) is 0 Å². The molecule has 0 atom stereocenters. The van der Waals surface area contributed by atoms with E-state index in [0.717, 1.165) is 12.1 Å². The zero-order valence-electron chi connectivity index (χ0n) is 7.38. The third-order valence-electron chi connectivity index (χ3n) is 2.00. The molecule has 0 unspecified atom stereocenters. The molecular weight excluding hydrogens is 204 g/mol. The Balaban J connectivity index is 2.56. The number of imide groups is 1. The van der Waals surface area contributed by atoms with Crippen molar-refractivity contribution in [3.8, 4) is 0 Å². The van der Waals surface area contributed by atoms with E-state index < -0.39 is 23.4 Å². The first-order valence-electron chi connectivity index (χ1n) is 4.11. The Kier molecular flexibility index (Phi) is 2.07. The fourth-order valence-corrected chi connectivity index (χ4v) is 1.32. The molecule has 76 valence electrons. The van der Waals surface area contributed by atoms with Crippen LogP contribution in [0.25, 0.3) is 5.57 Å². The van der Waals surface area contributed by atoms with Gasteiger partial charge in [-0.15, -0.1) is 0 Å². The lowest BCUT2D eigenvalue weighted by Crippen LogP contribution is -2.22. The quantitative estimate of drug-likeness (QED) is 0.701. The van der Waals surface area contributed by atoms with Crippen molar-refractivity contribution >= 4 is 17.4 Å². The highest BCUT2D eigenvalue weighted by atomic mass is 19.2. The maximum Gasteiger partial charge on any atom is 0.259 e. The SMILES string of the molecule is O=C1C=C(c2cccc(F)c2F)C(=O)N1. The van der Waals surface area contributed by atoms with Crippen LogP contribution < -0.4 is 5.32 Å². The Labute approximate surface area is 83.4 Å². The smallest absolute Gasteiger partial charge is 0.259 e. The molecule has 0 saturated carbocycles. The zero-order valence-corrected chi connectivity index (χ0v) is 7.38. The van der Waals surface area contributed by atoms with Crippen LogP contribution >= 0.6 is 0 Å². The summed E-state index contributed by atoms with van der Waals surface area (Å²) in [5, 5.41) is 1.95. The van der Waals surface area contributed by atoms with Gasteiger partial charge in [0.2, 0.25) is 0 Å². The van der Waals surface area contributed by atoms with Crippen molar-refractivity contribution in [2.24, 2.45) is 0 Å². The van der Waals surface area contributed by atoms with E-state index in [-0.39, 0.29) is 11.1 Å². The van der Waals surface area contributed by atoms with E-state index in [1.165, 1.54) is 12.1 Å². The van der Waals surface area contributed by atoms with Gasteiger partial charge in [0.1, 0.15) is 0 Å². The molecule has 2 amide bonds. The van der Waals surface area contributed by atoms with Crippen molar-refractivity contribution in [3.63, 3.8) is 0 Å². The van der Waals surface area contributed by atoms with Crippen molar-refractivity contribution in [2.45, 2.75) is 0 Å². The zero-order chi connectivity index (χ0) is 11.0. The molecule has 15 heavy (non-hydrogen) atoms. The van der Waals surface area contributed by atoms with E-state index in [4.69, 9.17) is 0 Å². The Morgan fingerprint density at radius 1 is 1.13 bits per heavy atom. The molecule has 1 heterocycles. The predicted molar refractivity (Wildman–Crippen MR) is 47.5 cm³/mol. The number of hydrogen-bond donors (Lipinski definition) is 1. The molecule has 0 aromatic heterocycles. The first kappa shape index (κ1) is 9.51. The van der Waals surface area contributed by atoms with Crippen LogP contribution in [0.3, 0.4) is 0 Å². The maximum absolute atomic E-state index is 13.2. The molecule has 1 aromatic carbocycles. The second-order valence-electron chi connectivity index (χ2n) is 2.98. The summed E-state index contributed by atoms with van der Waals surface area (Å²) in [5.74, 6) is -3.53. The number of amides is 2. The normalized spacial score (nSPS) is 15.2. The second kappa shape index (κ2) is 3.27. The molecule has 0 spiro atoms. The lowest BCUT2D eigenvalue weighted by molar-refractivity contribution is -0.123. The number of rotatable bonds is 1. The summed E-state index contributed by atoms with van der Waals surface area (Å²) in [4.78, 5) is 22.0. The van der Waals surface area contributed by atoms with Gasteiger partial charge in [-0.25, -0.2) is 8.78 Å². The average molecular weight is 209 g/mol. The van der Waals surface area contributed by atoms with Gasteiger partial charge in [-0.2, -0.15) is 0 Å². The first-order valence-corrected chi connectivity index (χ1v) is 4.11. The highest BCUT2D eigenvalue weighted by Gasteiger charge is 2.25. The van der Waals surface area contributed by atoms with Crippen LogP contribution in [0.2, 0.25) is 0 Å². The molecule has 2 rings (SSSR count). The molecule has 3 nitrogen and oxygen atoms in total. The molecule has 1 aliphatic rings. The lowest BCUT2D eigenvalue weighted by Gasteiger charge is -2.02. The van der Waals surface area contributed by atoms with Crippen molar-refractivity contribution in [2.75, 3.05) is 0 Å². The van der Waals surface area contributed by atoms with E-state index in [9.17, 15) is 18.4 Å². The van der Waals surface area contributed by atoms with Crippen molar-refractivity contribution in [1.82, 2.24) is 5.32 Å². The summed E-state index contributed by atoms with van der Waals surface area (Å²) in [5.41, 5.74) is -0.365. The van der Waals surface area contributed by atoms with Crippen molar-refractivity contribution in [1.29, 1.82) is 0 Å². The molecule has 5 heteroatoms. The van der Waals surface area contributed by atoms with Gasteiger partial charge in [0, 0.05) is 11.6 Å². The fraction of sp³-hybridized carbons (Fsp3) is 0. The molecule has 0 saturated heterocycles. The van der Waals surface area contributed by atoms with E-state index in [0.29, 0.717) is 0 Å². The Morgan fingerprint density at radius 2 is 1.87 bits per heavy atom. The number of hydrogen-bond acceptors (Lipinski definition) is 2. The van der Waals surface area contributed by atoms with Gasteiger partial charge in [-0.05, 0) is 6.07 Å². The number of nitrogens with one attached hydrogen (secondary N) is 1. The standard InChI is InChI=1S/C10H5F2NO2/c11-7-3-1-2-5(9(7)12)6-4-8(14)13-10(6)15/h1-4H,(H,13,14,15). The van der Waals surface area contributed by atoms with E-state index in [1.807, 2.05) is 5.32 Å². The molecule has 0 fully saturated rings. The van der Waals surface area contributed by atoms with Gasteiger partial charge in [0.05, 0.1) is 5.57 Å². The van der Waals surface area contributed by atoms with Gasteiger partial charge >= 0.3 is 0 Å². The van der Waals surface area contributed by atoms with Gasteiger partial charge in [0.25, 0.3) is 11.8 Å². The van der Waals surface area contributed by atoms with Gasteiger partial charge in [-0.1, -0.05) is 12.1 Å². The van der Waals surface area contributed by atoms with Crippen molar-refractivity contribution < 1.29 is 18.4 Å². The Bertz CT molecular complexity index is 494. The minimum absolute atomic E-state index is 0.156. The summed E-state index contributed by atoms with van der Waals surface area (Å²) in [6.45, 7) is 0. The van der Waals surface area contributed by atoms with Gasteiger partial charge in [0.15, 0.2) is 11.6 Å². The highest BCUT2D eigenvalue weighted by molar-refractivity contribution is 6.33. The highest BCUT2D eigenvalue weighted by Crippen LogP contribution is 2.22. The summed E-state index contributed by atoms with van der Waals surface area (Å²) < 4.78 is 26.1. The van der Waals surface area contributed by atoms with Crippen LogP contribution in [0.5, 0.6) is 0 Å². The molecule has 1 aliphatic heterocycles. The Morgan fingerprint density at radius 3 is 2.47 bits per heavy atom. The average Bonchev–Trinajstić information content (AvgIpc) is 2.50. The molecule has 0 aliphatic carbocycles. The molecular formula is C10H5F2NO2. The third kappa shape index (κ3) is 1.52. The van der Waals surface area contributed by atoms with Crippen molar-refractivity contribution in [3.05, 3.63) is 41.5 Å². The minimum Gasteiger partial charge on any atom is -0.289 e. The van der Waals surface area contributed by atoms with Crippen LogP contribution in [0.15, 0.2) is 24.3 Å². The van der Waals surface area contributed by atoms with Crippen LogP contribution in [-0.2, 0) is 9.59 Å². The largest absolute Gasteiger partial charge is 0.289 e. The summed E-state index contributed by atoms with van der Waals surface area (Å²) >= 11 is 0. The second-order valence-corrected chi connectivity index (χ2v) is 2.98. The van der Waals surface area contributed by atoms with Crippen LogP contribution in [-0.4, -0.2) is 11.8 Å². The Hall–Kier alpha value is -2.04. The van der Waals surface area contributed by atoms with E-state index >= 15 is 0 Å². The first-order chi connectivity index (χ1) is 7.09.